The smallest absolute Gasteiger partial charge is 0.336 e. The Morgan fingerprint density at radius 3 is 2.64 bits per heavy atom. The molecule has 1 aromatic rings. The van der Waals surface area contributed by atoms with Crippen molar-refractivity contribution in [3.8, 4) is 5.75 Å². The predicted octanol–water partition coefficient (Wildman–Crippen LogP) is 1.32. The summed E-state index contributed by atoms with van der Waals surface area (Å²) >= 11 is 0. The van der Waals surface area contributed by atoms with Gasteiger partial charge in [0, 0.05) is 0 Å². The van der Waals surface area contributed by atoms with Gasteiger partial charge in [-0.2, -0.15) is 4.99 Å². The molecule has 0 bridgehead atoms. The standard InChI is InChI=1S/C10H9NO3/c1-8(11-7-12)10(13)14-9-5-3-2-4-6-9/h2-6,8H,1H3. The normalized spacial score (nSPS) is 11.2. The Labute approximate surface area is 81.2 Å². The number of rotatable bonds is 3. The molecule has 0 spiro atoms. The lowest BCUT2D eigenvalue weighted by Gasteiger charge is -2.04. The van der Waals surface area contributed by atoms with E-state index in [1.807, 2.05) is 6.07 Å². The van der Waals surface area contributed by atoms with E-state index >= 15 is 0 Å². The van der Waals surface area contributed by atoms with Crippen LogP contribution in [0.15, 0.2) is 35.3 Å². The lowest BCUT2D eigenvalue weighted by molar-refractivity contribution is -0.135. The average molecular weight is 191 g/mol. The Kier molecular flexibility index (Phi) is 3.58. The van der Waals surface area contributed by atoms with Crippen molar-refractivity contribution < 1.29 is 14.3 Å². The van der Waals surface area contributed by atoms with E-state index in [1.54, 1.807) is 24.3 Å². The molecule has 1 rings (SSSR count). The van der Waals surface area contributed by atoms with Gasteiger partial charge in [-0.05, 0) is 19.1 Å². The Bertz CT molecular complexity index is 355. The van der Waals surface area contributed by atoms with Crippen LogP contribution in [0.4, 0.5) is 0 Å². The van der Waals surface area contributed by atoms with Crippen molar-refractivity contribution in [3.05, 3.63) is 30.3 Å². The molecule has 0 aromatic heterocycles. The monoisotopic (exact) mass is 191 g/mol. The van der Waals surface area contributed by atoms with Gasteiger partial charge in [0.25, 0.3) is 0 Å². The molecule has 0 heterocycles. The summed E-state index contributed by atoms with van der Waals surface area (Å²) in [5.74, 6) is -0.134. The fourth-order valence-electron chi connectivity index (χ4n) is 0.822. The van der Waals surface area contributed by atoms with Crippen molar-refractivity contribution in [1.82, 2.24) is 0 Å². The number of aliphatic imine (C=N–C) groups is 1. The largest absolute Gasteiger partial charge is 0.425 e. The van der Waals surface area contributed by atoms with E-state index in [1.165, 1.54) is 13.0 Å². The van der Waals surface area contributed by atoms with Gasteiger partial charge >= 0.3 is 5.97 Å². The molecule has 0 fully saturated rings. The van der Waals surface area contributed by atoms with Crippen LogP contribution in [-0.2, 0) is 9.59 Å². The summed E-state index contributed by atoms with van der Waals surface area (Å²) in [5, 5.41) is 0. The first-order valence-electron chi connectivity index (χ1n) is 4.08. The van der Waals surface area contributed by atoms with Crippen LogP contribution in [0.25, 0.3) is 0 Å². The molecule has 1 atom stereocenters. The molecule has 4 heteroatoms. The maximum atomic E-state index is 11.2. The van der Waals surface area contributed by atoms with Crippen molar-refractivity contribution in [2.45, 2.75) is 13.0 Å². The molecule has 1 unspecified atom stereocenters. The van der Waals surface area contributed by atoms with Gasteiger partial charge in [0.1, 0.15) is 5.75 Å². The lowest BCUT2D eigenvalue weighted by Crippen LogP contribution is -2.20. The molecule has 1 aromatic carbocycles. The van der Waals surface area contributed by atoms with Crippen molar-refractivity contribution >= 4 is 12.0 Å². The summed E-state index contributed by atoms with van der Waals surface area (Å²) < 4.78 is 4.92. The molecule has 0 amide bonds. The van der Waals surface area contributed by atoms with Gasteiger partial charge < -0.3 is 4.74 Å². The van der Waals surface area contributed by atoms with Crippen LogP contribution in [0.3, 0.4) is 0 Å². The van der Waals surface area contributed by atoms with Gasteiger partial charge in [0.2, 0.25) is 6.08 Å². The second-order valence-corrected chi connectivity index (χ2v) is 2.63. The number of ether oxygens (including phenoxy) is 1. The van der Waals surface area contributed by atoms with E-state index in [0.29, 0.717) is 5.75 Å². The minimum atomic E-state index is -0.812. The first kappa shape index (κ1) is 10.2. The number of hydrogen-bond donors (Lipinski definition) is 0. The minimum absolute atomic E-state index is 0.436. The van der Waals surface area contributed by atoms with Crippen LogP contribution in [0.5, 0.6) is 5.75 Å². The van der Waals surface area contributed by atoms with Crippen LogP contribution < -0.4 is 4.74 Å². The van der Waals surface area contributed by atoms with Gasteiger partial charge in [0.15, 0.2) is 6.04 Å². The predicted molar refractivity (Wildman–Crippen MR) is 49.7 cm³/mol. The summed E-state index contributed by atoms with van der Waals surface area (Å²) in [6, 6.07) is 7.79. The summed E-state index contributed by atoms with van der Waals surface area (Å²) in [7, 11) is 0. The summed E-state index contributed by atoms with van der Waals surface area (Å²) in [4.78, 5) is 24.3. The number of carbonyl (C=O) groups is 1. The number of hydrogen-bond acceptors (Lipinski definition) is 4. The highest BCUT2D eigenvalue weighted by Crippen LogP contribution is 2.09. The molecule has 0 saturated heterocycles. The van der Waals surface area contributed by atoms with E-state index in [4.69, 9.17) is 4.74 Å². The zero-order valence-corrected chi connectivity index (χ0v) is 7.64. The maximum Gasteiger partial charge on any atom is 0.336 e. The van der Waals surface area contributed by atoms with Crippen LogP contribution in [-0.4, -0.2) is 18.1 Å². The third-order valence-electron chi connectivity index (χ3n) is 1.55. The van der Waals surface area contributed by atoms with Crippen molar-refractivity contribution in [3.63, 3.8) is 0 Å². The zero-order chi connectivity index (χ0) is 10.4. The number of carbonyl (C=O) groups excluding carboxylic acids is 2. The van der Waals surface area contributed by atoms with Crippen LogP contribution >= 0.6 is 0 Å². The fraction of sp³-hybridized carbons (Fsp3) is 0.200. The van der Waals surface area contributed by atoms with E-state index in [2.05, 4.69) is 4.99 Å². The summed E-state index contributed by atoms with van der Waals surface area (Å²) in [6.45, 7) is 1.47. The van der Waals surface area contributed by atoms with E-state index in [-0.39, 0.29) is 0 Å². The molecular formula is C10H9NO3. The zero-order valence-electron chi connectivity index (χ0n) is 7.64. The third-order valence-corrected chi connectivity index (χ3v) is 1.55. The molecule has 0 radical (unpaired) electrons. The Morgan fingerprint density at radius 2 is 2.07 bits per heavy atom. The van der Waals surface area contributed by atoms with Crippen LogP contribution in [0.2, 0.25) is 0 Å². The van der Waals surface area contributed by atoms with Gasteiger partial charge in [-0.3, -0.25) is 0 Å². The maximum absolute atomic E-state index is 11.2. The molecule has 0 aliphatic rings. The molecule has 0 N–H and O–H groups in total. The van der Waals surface area contributed by atoms with Crippen molar-refractivity contribution in [2.75, 3.05) is 0 Å². The summed E-state index contributed by atoms with van der Waals surface area (Å²) in [6.07, 6.45) is 1.31. The van der Waals surface area contributed by atoms with E-state index in [9.17, 15) is 9.59 Å². The minimum Gasteiger partial charge on any atom is -0.425 e. The number of isocyanates is 1. The second kappa shape index (κ2) is 4.94. The average Bonchev–Trinajstić information content (AvgIpc) is 2.19. The fourth-order valence-corrected chi connectivity index (χ4v) is 0.822. The number of esters is 1. The SMILES string of the molecule is CC(N=C=O)C(=O)Oc1ccccc1. The van der Waals surface area contributed by atoms with Crippen molar-refractivity contribution in [1.29, 1.82) is 0 Å². The van der Waals surface area contributed by atoms with Crippen LogP contribution in [0, 0.1) is 0 Å². The van der Waals surface area contributed by atoms with Gasteiger partial charge in [-0.1, -0.05) is 18.2 Å². The first-order valence-corrected chi connectivity index (χ1v) is 4.08. The van der Waals surface area contributed by atoms with Crippen molar-refractivity contribution in [2.24, 2.45) is 4.99 Å². The number of benzene rings is 1. The van der Waals surface area contributed by atoms with E-state index < -0.39 is 12.0 Å². The molecular weight excluding hydrogens is 182 g/mol. The molecule has 0 aliphatic carbocycles. The highest BCUT2D eigenvalue weighted by atomic mass is 16.5. The Balaban J connectivity index is 2.62. The van der Waals surface area contributed by atoms with Crippen LogP contribution in [0.1, 0.15) is 6.92 Å². The topological polar surface area (TPSA) is 55.7 Å². The van der Waals surface area contributed by atoms with Gasteiger partial charge in [0.05, 0.1) is 0 Å². The number of nitrogens with zero attached hydrogens (tertiary/aromatic N) is 1. The Morgan fingerprint density at radius 1 is 1.43 bits per heavy atom. The molecule has 14 heavy (non-hydrogen) atoms. The quantitative estimate of drug-likeness (QED) is 0.313. The third kappa shape index (κ3) is 2.84. The Hall–Kier alpha value is -1.93. The summed E-state index contributed by atoms with van der Waals surface area (Å²) in [5.41, 5.74) is 0. The first-order chi connectivity index (χ1) is 6.74. The molecule has 0 aliphatic heterocycles. The van der Waals surface area contributed by atoms with Gasteiger partial charge in [-0.25, -0.2) is 9.59 Å². The molecule has 4 nitrogen and oxygen atoms in total. The molecule has 72 valence electrons. The number of para-hydroxylation sites is 1. The second-order valence-electron chi connectivity index (χ2n) is 2.63. The lowest BCUT2D eigenvalue weighted by atomic mass is 10.3. The highest BCUT2D eigenvalue weighted by molar-refractivity contribution is 5.78. The van der Waals surface area contributed by atoms with Gasteiger partial charge in [-0.15, -0.1) is 0 Å². The highest BCUT2D eigenvalue weighted by Gasteiger charge is 2.13. The molecule has 0 saturated carbocycles. The van der Waals surface area contributed by atoms with E-state index in [0.717, 1.165) is 0 Å².